The molecule has 0 atom stereocenters. The maximum Gasteiger partial charge on any atom is 0.0679 e. The van der Waals surface area contributed by atoms with E-state index in [1.807, 2.05) is 23.0 Å². The van der Waals surface area contributed by atoms with E-state index >= 15 is 0 Å². The van der Waals surface area contributed by atoms with Gasteiger partial charge in [-0.05, 0) is 23.3 Å². The summed E-state index contributed by atoms with van der Waals surface area (Å²) in [6, 6.07) is 20.7. The van der Waals surface area contributed by atoms with Crippen LogP contribution in [0, 0.1) is 0 Å². The summed E-state index contributed by atoms with van der Waals surface area (Å²) in [5.41, 5.74) is 3.68. The van der Waals surface area contributed by atoms with Crippen molar-refractivity contribution in [2.24, 2.45) is 0 Å². The summed E-state index contributed by atoms with van der Waals surface area (Å²) >= 11 is 0. The molecule has 3 aromatic rings. The normalized spacial score (nSPS) is 10.4. The van der Waals surface area contributed by atoms with Crippen LogP contribution >= 0.6 is 0 Å². The number of anilines is 1. The number of rotatable bonds is 5. The van der Waals surface area contributed by atoms with E-state index in [1.54, 1.807) is 6.20 Å². The molecule has 0 radical (unpaired) electrons. The summed E-state index contributed by atoms with van der Waals surface area (Å²) < 4.78 is 1.93. The third-order valence-electron chi connectivity index (χ3n) is 3.23. The fraction of sp³-hybridized carbons (Fsp3) is 0.118. The van der Waals surface area contributed by atoms with Gasteiger partial charge in [0.15, 0.2) is 0 Å². The SMILES string of the molecule is c1ccc(CNc2ccccc2Cn2cccn2)cc1. The van der Waals surface area contributed by atoms with E-state index in [4.69, 9.17) is 0 Å². The largest absolute Gasteiger partial charge is 0.381 e. The molecule has 1 heterocycles. The number of benzene rings is 2. The van der Waals surface area contributed by atoms with Crippen LogP contribution in [0.2, 0.25) is 0 Å². The third-order valence-corrected chi connectivity index (χ3v) is 3.23. The lowest BCUT2D eigenvalue weighted by atomic mass is 10.1. The van der Waals surface area contributed by atoms with Crippen LogP contribution in [0.4, 0.5) is 5.69 Å². The van der Waals surface area contributed by atoms with E-state index in [9.17, 15) is 0 Å². The van der Waals surface area contributed by atoms with Crippen molar-refractivity contribution in [3.63, 3.8) is 0 Å². The van der Waals surface area contributed by atoms with Crippen LogP contribution in [-0.4, -0.2) is 9.78 Å². The molecule has 3 rings (SSSR count). The Morgan fingerprint density at radius 2 is 1.70 bits per heavy atom. The van der Waals surface area contributed by atoms with Crippen molar-refractivity contribution in [2.75, 3.05) is 5.32 Å². The van der Waals surface area contributed by atoms with Crippen molar-refractivity contribution in [3.05, 3.63) is 84.2 Å². The molecule has 0 aliphatic heterocycles. The molecule has 1 aromatic heterocycles. The van der Waals surface area contributed by atoms with Gasteiger partial charge in [0.1, 0.15) is 0 Å². The Labute approximate surface area is 118 Å². The lowest BCUT2D eigenvalue weighted by Crippen LogP contribution is -2.06. The van der Waals surface area contributed by atoms with E-state index in [-0.39, 0.29) is 0 Å². The Morgan fingerprint density at radius 1 is 0.900 bits per heavy atom. The van der Waals surface area contributed by atoms with Crippen molar-refractivity contribution in [2.45, 2.75) is 13.1 Å². The zero-order valence-electron chi connectivity index (χ0n) is 11.2. The fourth-order valence-corrected chi connectivity index (χ4v) is 2.19. The van der Waals surface area contributed by atoms with Crippen molar-refractivity contribution in [1.82, 2.24) is 9.78 Å². The number of nitrogens with zero attached hydrogens (tertiary/aromatic N) is 2. The molecule has 3 heteroatoms. The molecule has 1 N–H and O–H groups in total. The topological polar surface area (TPSA) is 29.9 Å². The van der Waals surface area contributed by atoms with Crippen LogP contribution in [0.25, 0.3) is 0 Å². The van der Waals surface area contributed by atoms with Crippen LogP contribution in [0.5, 0.6) is 0 Å². The first-order chi connectivity index (χ1) is 9.92. The van der Waals surface area contributed by atoms with Crippen LogP contribution < -0.4 is 5.32 Å². The van der Waals surface area contributed by atoms with Crippen LogP contribution in [0.15, 0.2) is 73.1 Å². The highest BCUT2D eigenvalue weighted by molar-refractivity contribution is 5.51. The van der Waals surface area contributed by atoms with Crippen LogP contribution in [0.1, 0.15) is 11.1 Å². The molecule has 0 aliphatic rings. The van der Waals surface area contributed by atoms with Gasteiger partial charge < -0.3 is 5.32 Å². The molecule has 0 saturated carbocycles. The number of aromatic nitrogens is 2. The molecular weight excluding hydrogens is 246 g/mol. The molecule has 0 bridgehead atoms. The Morgan fingerprint density at radius 3 is 2.50 bits per heavy atom. The lowest BCUT2D eigenvalue weighted by molar-refractivity contribution is 0.687. The van der Waals surface area contributed by atoms with Gasteiger partial charge in [-0.3, -0.25) is 4.68 Å². The van der Waals surface area contributed by atoms with E-state index in [0.717, 1.165) is 18.8 Å². The lowest BCUT2D eigenvalue weighted by Gasteiger charge is -2.12. The molecule has 0 aliphatic carbocycles. The van der Waals surface area contributed by atoms with Crippen molar-refractivity contribution < 1.29 is 0 Å². The monoisotopic (exact) mass is 263 g/mol. The van der Waals surface area contributed by atoms with Crippen molar-refractivity contribution in [3.8, 4) is 0 Å². The summed E-state index contributed by atoms with van der Waals surface area (Å²) in [7, 11) is 0. The molecule has 0 fully saturated rings. The van der Waals surface area contributed by atoms with E-state index in [0.29, 0.717) is 0 Å². The highest BCUT2D eigenvalue weighted by Crippen LogP contribution is 2.17. The first-order valence-electron chi connectivity index (χ1n) is 6.75. The fourth-order valence-electron chi connectivity index (χ4n) is 2.19. The minimum atomic E-state index is 0.783. The van der Waals surface area contributed by atoms with E-state index < -0.39 is 0 Å². The molecule has 0 saturated heterocycles. The Kier molecular flexibility index (Phi) is 3.78. The van der Waals surface area contributed by atoms with Crippen LogP contribution in [0.3, 0.4) is 0 Å². The van der Waals surface area contributed by atoms with Gasteiger partial charge >= 0.3 is 0 Å². The summed E-state index contributed by atoms with van der Waals surface area (Å²) in [5, 5.41) is 7.76. The quantitative estimate of drug-likeness (QED) is 0.763. The third kappa shape index (κ3) is 3.06. The van der Waals surface area contributed by atoms with E-state index in [1.165, 1.54) is 11.1 Å². The molecule has 0 spiro atoms. The number of hydrogen-bond donors (Lipinski definition) is 1. The zero-order chi connectivity index (χ0) is 13.6. The molecule has 3 nitrogen and oxygen atoms in total. The first-order valence-corrected chi connectivity index (χ1v) is 6.75. The molecule has 0 amide bonds. The maximum atomic E-state index is 4.26. The minimum absolute atomic E-state index is 0.783. The minimum Gasteiger partial charge on any atom is -0.381 e. The first kappa shape index (κ1) is 12.5. The standard InChI is InChI=1S/C17H17N3/c1-2-7-15(8-3-1)13-18-17-10-5-4-9-16(17)14-20-12-6-11-19-20/h1-12,18H,13-14H2. The predicted octanol–water partition coefficient (Wildman–Crippen LogP) is 3.54. The molecular formula is C17H17N3. The van der Waals surface area contributed by atoms with Gasteiger partial charge in [-0.1, -0.05) is 48.5 Å². The van der Waals surface area contributed by atoms with Gasteiger partial charge in [0.05, 0.1) is 6.54 Å². The maximum absolute atomic E-state index is 4.26. The van der Waals surface area contributed by atoms with Gasteiger partial charge in [0, 0.05) is 24.6 Å². The van der Waals surface area contributed by atoms with Gasteiger partial charge in [-0.2, -0.15) is 5.10 Å². The summed E-state index contributed by atoms with van der Waals surface area (Å²) in [6.45, 7) is 1.61. The van der Waals surface area contributed by atoms with Crippen molar-refractivity contribution in [1.29, 1.82) is 0 Å². The molecule has 0 unspecified atom stereocenters. The second-order valence-electron chi connectivity index (χ2n) is 4.70. The number of nitrogens with one attached hydrogen (secondary N) is 1. The average Bonchev–Trinajstić information content (AvgIpc) is 3.00. The molecule has 2 aromatic carbocycles. The number of hydrogen-bond acceptors (Lipinski definition) is 2. The summed E-state index contributed by atoms with van der Waals surface area (Å²) in [5.74, 6) is 0. The highest BCUT2D eigenvalue weighted by atomic mass is 15.3. The van der Waals surface area contributed by atoms with Gasteiger partial charge in [0.25, 0.3) is 0 Å². The Balaban J connectivity index is 1.73. The molecule has 20 heavy (non-hydrogen) atoms. The predicted molar refractivity (Wildman–Crippen MR) is 81.5 cm³/mol. The summed E-state index contributed by atoms with van der Waals surface area (Å²) in [6.07, 6.45) is 3.79. The molecule has 100 valence electrons. The second kappa shape index (κ2) is 6.06. The Hall–Kier alpha value is -2.55. The van der Waals surface area contributed by atoms with Crippen molar-refractivity contribution >= 4 is 5.69 Å². The highest BCUT2D eigenvalue weighted by Gasteiger charge is 2.02. The van der Waals surface area contributed by atoms with Crippen LogP contribution in [-0.2, 0) is 13.1 Å². The van der Waals surface area contributed by atoms with E-state index in [2.05, 4.69) is 58.9 Å². The van der Waals surface area contributed by atoms with Gasteiger partial charge in [-0.25, -0.2) is 0 Å². The smallest absolute Gasteiger partial charge is 0.0679 e. The number of para-hydroxylation sites is 1. The average molecular weight is 263 g/mol. The van der Waals surface area contributed by atoms with Gasteiger partial charge in [-0.15, -0.1) is 0 Å². The van der Waals surface area contributed by atoms with Gasteiger partial charge in [0.2, 0.25) is 0 Å². The zero-order valence-corrected chi connectivity index (χ0v) is 11.2. The second-order valence-corrected chi connectivity index (χ2v) is 4.70. The summed E-state index contributed by atoms with van der Waals surface area (Å²) in [4.78, 5) is 0. The Bertz CT molecular complexity index is 645.